The number of hydrogen-bond acceptors (Lipinski definition) is 4. The fourth-order valence-corrected chi connectivity index (χ4v) is 2.03. The summed E-state index contributed by atoms with van der Waals surface area (Å²) in [4.78, 5) is 11.2. The smallest absolute Gasteiger partial charge is 0.161 e. The van der Waals surface area contributed by atoms with Gasteiger partial charge in [0, 0.05) is 5.56 Å². The van der Waals surface area contributed by atoms with Crippen molar-refractivity contribution < 1.29 is 19.0 Å². The molecule has 0 aliphatic heterocycles. The lowest BCUT2D eigenvalue weighted by atomic mass is 9.99. The Hall–Kier alpha value is -2.49. The predicted octanol–water partition coefficient (Wildman–Crippen LogP) is 3.19. The Labute approximate surface area is 117 Å². The highest BCUT2D eigenvalue weighted by Crippen LogP contribution is 2.34. The minimum absolute atomic E-state index is 0.566. The molecule has 2 aromatic carbocycles. The van der Waals surface area contributed by atoms with Gasteiger partial charge in [-0.1, -0.05) is 6.07 Å². The zero-order chi connectivity index (χ0) is 14.5. The van der Waals surface area contributed by atoms with Crippen LogP contribution in [-0.2, 0) is 0 Å². The highest BCUT2D eigenvalue weighted by molar-refractivity contribution is 5.88. The summed E-state index contributed by atoms with van der Waals surface area (Å²) < 4.78 is 15.6. The summed E-state index contributed by atoms with van der Waals surface area (Å²) in [6, 6.07) is 10.9. The van der Waals surface area contributed by atoms with E-state index in [2.05, 4.69) is 0 Å². The van der Waals surface area contributed by atoms with Crippen molar-refractivity contribution in [2.45, 2.75) is 0 Å². The van der Waals surface area contributed by atoms with E-state index in [0.717, 1.165) is 17.4 Å². The first-order valence-corrected chi connectivity index (χ1v) is 6.09. The molecule has 0 radical (unpaired) electrons. The van der Waals surface area contributed by atoms with Crippen LogP contribution < -0.4 is 14.2 Å². The van der Waals surface area contributed by atoms with E-state index in [1.54, 1.807) is 27.4 Å². The van der Waals surface area contributed by atoms with Crippen molar-refractivity contribution in [3.8, 4) is 28.4 Å². The minimum atomic E-state index is 0.566. The molecular formula is C16H16O4. The molecule has 0 atom stereocenters. The molecule has 0 N–H and O–H groups in total. The zero-order valence-corrected chi connectivity index (χ0v) is 11.7. The molecule has 4 nitrogen and oxygen atoms in total. The molecule has 0 fully saturated rings. The quantitative estimate of drug-likeness (QED) is 0.784. The highest BCUT2D eigenvalue weighted by Gasteiger charge is 2.10. The second-order valence-corrected chi connectivity index (χ2v) is 4.14. The second kappa shape index (κ2) is 6.10. The summed E-state index contributed by atoms with van der Waals surface area (Å²) in [5.41, 5.74) is 2.27. The largest absolute Gasteiger partial charge is 0.497 e. The molecule has 20 heavy (non-hydrogen) atoms. The van der Waals surface area contributed by atoms with E-state index in [4.69, 9.17) is 14.2 Å². The van der Waals surface area contributed by atoms with Crippen molar-refractivity contribution in [3.05, 3.63) is 42.0 Å². The zero-order valence-electron chi connectivity index (χ0n) is 11.7. The summed E-state index contributed by atoms with van der Waals surface area (Å²) >= 11 is 0. The number of hydrogen-bond donors (Lipinski definition) is 0. The Bertz CT molecular complexity index is 620. The van der Waals surface area contributed by atoms with Gasteiger partial charge >= 0.3 is 0 Å². The molecule has 104 valence electrons. The average Bonchev–Trinajstić information content (AvgIpc) is 2.53. The molecule has 0 saturated heterocycles. The van der Waals surface area contributed by atoms with Crippen LogP contribution in [0.4, 0.5) is 0 Å². The normalized spacial score (nSPS) is 9.95. The van der Waals surface area contributed by atoms with Crippen molar-refractivity contribution in [1.29, 1.82) is 0 Å². The van der Waals surface area contributed by atoms with Gasteiger partial charge in [0.2, 0.25) is 0 Å². The molecule has 0 unspecified atom stereocenters. The molecule has 0 bridgehead atoms. The van der Waals surface area contributed by atoms with Crippen molar-refractivity contribution in [1.82, 2.24) is 0 Å². The van der Waals surface area contributed by atoms with Gasteiger partial charge < -0.3 is 14.2 Å². The van der Waals surface area contributed by atoms with Crippen molar-refractivity contribution in [3.63, 3.8) is 0 Å². The average molecular weight is 272 g/mol. The molecule has 0 aromatic heterocycles. The lowest BCUT2D eigenvalue weighted by Crippen LogP contribution is -1.93. The van der Waals surface area contributed by atoms with Crippen molar-refractivity contribution in [2.24, 2.45) is 0 Å². The molecular weight excluding hydrogens is 256 g/mol. The van der Waals surface area contributed by atoms with Gasteiger partial charge in [0.25, 0.3) is 0 Å². The Morgan fingerprint density at radius 2 is 1.60 bits per heavy atom. The number of methoxy groups -OCH3 is 3. The third kappa shape index (κ3) is 2.59. The van der Waals surface area contributed by atoms with E-state index < -0.39 is 0 Å². The molecule has 0 amide bonds. The molecule has 4 heteroatoms. The second-order valence-electron chi connectivity index (χ2n) is 4.14. The van der Waals surface area contributed by atoms with Crippen LogP contribution in [0.5, 0.6) is 17.2 Å². The SMILES string of the molecule is COc1ccc(-c2ccc(OC)c(OC)c2)c(C=O)c1. The van der Waals surface area contributed by atoms with Crippen LogP contribution in [0.2, 0.25) is 0 Å². The number of ether oxygens (including phenoxy) is 3. The van der Waals surface area contributed by atoms with Gasteiger partial charge in [-0.15, -0.1) is 0 Å². The summed E-state index contributed by atoms with van der Waals surface area (Å²) in [5.74, 6) is 1.92. The molecule has 0 spiro atoms. The van der Waals surface area contributed by atoms with E-state index in [1.165, 1.54) is 0 Å². The number of carbonyl (C=O) groups is 1. The first kappa shape index (κ1) is 13.9. The Kier molecular flexibility index (Phi) is 4.25. The van der Waals surface area contributed by atoms with Gasteiger partial charge in [0.05, 0.1) is 21.3 Å². The van der Waals surface area contributed by atoms with Gasteiger partial charge in [-0.05, 0) is 41.5 Å². The lowest BCUT2D eigenvalue weighted by molar-refractivity contribution is 0.112. The maximum atomic E-state index is 11.2. The van der Waals surface area contributed by atoms with Crippen LogP contribution in [0.25, 0.3) is 11.1 Å². The maximum absolute atomic E-state index is 11.2. The predicted molar refractivity (Wildman–Crippen MR) is 76.9 cm³/mol. The maximum Gasteiger partial charge on any atom is 0.161 e. The first-order chi connectivity index (χ1) is 9.73. The number of benzene rings is 2. The van der Waals surface area contributed by atoms with Gasteiger partial charge in [0.1, 0.15) is 5.75 Å². The van der Waals surface area contributed by atoms with Crippen LogP contribution in [0.3, 0.4) is 0 Å². The summed E-state index contributed by atoms with van der Waals surface area (Å²) in [5, 5.41) is 0. The van der Waals surface area contributed by atoms with Crippen LogP contribution >= 0.6 is 0 Å². The number of rotatable bonds is 5. The van der Waals surface area contributed by atoms with Gasteiger partial charge in [-0.2, -0.15) is 0 Å². The summed E-state index contributed by atoms with van der Waals surface area (Å²) in [6.45, 7) is 0. The minimum Gasteiger partial charge on any atom is -0.497 e. The molecule has 2 rings (SSSR count). The van der Waals surface area contributed by atoms with Crippen LogP contribution in [-0.4, -0.2) is 27.6 Å². The van der Waals surface area contributed by atoms with E-state index >= 15 is 0 Å². The molecule has 0 saturated carbocycles. The van der Waals surface area contributed by atoms with E-state index in [0.29, 0.717) is 22.8 Å². The topological polar surface area (TPSA) is 44.8 Å². The fraction of sp³-hybridized carbons (Fsp3) is 0.188. The molecule has 0 aliphatic rings. The Balaban J connectivity index is 2.53. The Morgan fingerprint density at radius 1 is 0.850 bits per heavy atom. The molecule has 0 aliphatic carbocycles. The van der Waals surface area contributed by atoms with Gasteiger partial charge in [0.15, 0.2) is 17.8 Å². The highest BCUT2D eigenvalue weighted by atomic mass is 16.5. The monoisotopic (exact) mass is 272 g/mol. The molecule has 0 heterocycles. The fourth-order valence-electron chi connectivity index (χ4n) is 2.03. The third-order valence-electron chi connectivity index (χ3n) is 3.08. The third-order valence-corrected chi connectivity index (χ3v) is 3.08. The van der Waals surface area contributed by atoms with E-state index in [1.807, 2.05) is 30.3 Å². The number of aldehydes is 1. The van der Waals surface area contributed by atoms with Crippen LogP contribution in [0, 0.1) is 0 Å². The van der Waals surface area contributed by atoms with Gasteiger partial charge in [-0.25, -0.2) is 0 Å². The summed E-state index contributed by atoms with van der Waals surface area (Å²) in [7, 11) is 4.73. The van der Waals surface area contributed by atoms with Crippen molar-refractivity contribution >= 4 is 6.29 Å². The molecule has 2 aromatic rings. The lowest BCUT2D eigenvalue weighted by Gasteiger charge is -2.11. The van der Waals surface area contributed by atoms with Gasteiger partial charge in [-0.3, -0.25) is 4.79 Å². The van der Waals surface area contributed by atoms with Crippen LogP contribution in [0.1, 0.15) is 10.4 Å². The number of carbonyl (C=O) groups excluding carboxylic acids is 1. The summed E-state index contributed by atoms with van der Waals surface area (Å²) in [6.07, 6.45) is 0.814. The van der Waals surface area contributed by atoms with Crippen molar-refractivity contribution in [2.75, 3.05) is 21.3 Å². The van der Waals surface area contributed by atoms with E-state index in [-0.39, 0.29) is 0 Å². The van der Waals surface area contributed by atoms with E-state index in [9.17, 15) is 4.79 Å². The Morgan fingerprint density at radius 3 is 2.20 bits per heavy atom. The first-order valence-electron chi connectivity index (χ1n) is 6.09. The standard InChI is InChI=1S/C16H16O4/c1-18-13-5-6-14(12(8-13)10-17)11-4-7-15(19-2)16(9-11)20-3/h4-10H,1-3H3. The van der Waals surface area contributed by atoms with Crippen LogP contribution in [0.15, 0.2) is 36.4 Å².